The molecule has 1 aliphatic rings. The zero-order chi connectivity index (χ0) is 13.4. The third kappa shape index (κ3) is 3.67. The van der Waals surface area contributed by atoms with Crippen LogP contribution in [0.15, 0.2) is 22.6 Å². The van der Waals surface area contributed by atoms with Crippen LogP contribution in [-0.4, -0.2) is 34.9 Å². The van der Waals surface area contributed by atoms with Crippen LogP contribution in [0.25, 0.3) is 11.1 Å². The average Bonchev–Trinajstić information content (AvgIpc) is 2.80. The van der Waals surface area contributed by atoms with Crippen LogP contribution in [0.2, 0.25) is 0 Å². The van der Waals surface area contributed by atoms with Gasteiger partial charge in [-0.25, -0.2) is 4.98 Å². The topological polar surface area (TPSA) is 72.4 Å². The molecule has 1 aliphatic heterocycles. The number of fused-ring (bicyclic) bond motifs is 1. The lowest BCUT2D eigenvalue weighted by Gasteiger charge is -2.29. The predicted molar refractivity (Wildman–Crippen MR) is 86.4 cm³/mol. The number of carbonyl (C=O) groups excluding carboxylic acids is 1. The Morgan fingerprint density at radius 2 is 2.19 bits per heavy atom. The molecular weight excluding hydrogens is 313 g/mol. The SMILES string of the molecule is Cc1ccc2oc(C(=O)N3CCCC(N)C3)cc2n1.Cl.Cl. The number of hydrogen-bond acceptors (Lipinski definition) is 4. The van der Waals surface area contributed by atoms with E-state index in [0.717, 1.165) is 30.6 Å². The fourth-order valence-electron chi connectivity index (χ4n) is 2.48. The highest BCUT2D eigenvalue weighted by Crippen LogP contribution is 2.20. The Morgan fingerprint density at radius 1 is 1.43 bits per heavy atom. The van der Waals surface area contributed by atoms with Crippen molar-refractivity contribution >= 4 is 41.8 Å². The lowest BCUT2D eigenvalue weighted by atomic mass is 10.1. The second-order valence-electron chi connectivity index (χ2n) is 5.10. The maximum Gasteiger partial charge on any atom is 0.289 e. The minimum absolute atomic E-state index is 0. The molecule has 5 nitrogen and oxygen atoms in total. The standard InChI is InChI=1S/C14H17N3O2.2ClH/c1-9-4-5-12-11(16-9)7-13(19-12)14(18)17-6-2-3-10(15)8-17;;/h4-5,7,10H,2-3,6,8,15H2,1H3;2*1H. The van der Waals surface area contributed by atoms with Crippen LogP contribution in [0.3, 0.4) is 0 Å². The van der Waals surface area contributed by atoms with Gasteiger partial charge < -0.3 is 15.1 Å². The van der Waals surface area contributed by atoms with Crippen molar-refractivity contribution in [3.63, 3.8) is 0 Å². The number of rotatable bonds is 1. The summed E-state index contributed by atoms with van der Waals surface area (Å²) < 4.78 is 5.58. The number of nitrogens with two attached hydrogens (primary N) is 1. The van der Waals surface area contributed by atoms with Gasteiger partial charge in [0.15, 0.2) is 11.3 Å². The summed E-state index contributed by atoms with van der Waals surface area (Å²) in [5.74, 6) is 0.257. The molecule has 21 heavy (non-hydrogen) atoms. The van der Waals surface area contributed by atoms with Crippen LogP contribution in [0.4, 0.5) is 0 Å². The van der Waals surface area contributed by atoms with Gasteiger partial charge in [0.25, 0.3) is 5.91 Å². The summed E-state index contributed by atoms with van der Waals surface area (Å²) in [6.07, 6.45) is 1.93. The van der Waals surface area contributed by atoms with Crippen molar-refractivity contribution in [3.8, 4) is 0 Å². The highest BCUT2D eigenvalue weighted by Gasteiger charge is 2.24. The van der Waals surface area contributed by atoms with Crippen molar-refractivity contribution in [1.29, 1.82) is 0 Å². The van der Waals surface area contributed by atoms with E-state index in [0.29, 0.717) is 17.9 Å². The lowest BCUT2D eigenvalue weighted by molar-refractivity contribution is 0.0679. The van der Waals surface area contributed by atoms with Crippen LogP contribution >= 0.6 is 24.8 Å². The summed E-state index contributed by atoms with van der Waals surface area (Å²) in [6.45, 7) is 3.26. The molecule has 1 atom stereocenters. The first-order valence-corrected chi connectivity index (χ1v) is 6.55. The smallest absolute Gasteiger partial charge is 0.289 e. The third-order valence-corrected chi connectivity index (χ3v) is 3.47. The summed E-state index contributed by atoms with van der Waals surface area (Å²) in [5, 5.41) is 0. The van der Waals surface area contributed by atoms with Gasteiger partial charge in [0.05, 0.1) is 0 Å². The van der Waals surface area contributed by atoms with E-state index in [-0.39, 0.29) is 36.8 Å². The lowest BCUT2D eigenvalue weighted by Crippen LogP contribution is -2.45. The fraction of sp³-hybridized carbons (Fsp3) is 0.429. The molecule has 2 aromatic heterocycles. The zero-order valence-corrected chi connectivity index (χ0v) is 13.4. The van der Waals surface area contributed by atoms with Crippen molar-refractivity contribution in [3.05, 3.63) is 29.7 Å². The predicted octanol–water partition coefficient (Wildman–Crippen LogP) is 2.54. The maximum absolute atomic E-state index is 12.3. The van der Waals surface area contributed by atoms with E-state index in [1.165, 1.54) is 0 Å². The first-order chi connectivity index (χ1) is 9.13. The van der Waals surface area contributed by atoms with Gasteiger partial charge in [-0.1, -0.05) is 0 Å². The number of aryl methyl sites for hydroxylation is 1. The minimum atomic E-state index is -0.0918. The molecular formula is C14H19Cl2N3O2. The van der Waals surface area contributed by atoms with Crippen molar-refractivity contribution < 1.29 is 9.21 Å². The summed E-state index contributed by atoms with van der Waals surface area (Å²) >= 11 is 0. The van der Waals surface area contributed by atoms with Gasteiger partial charge in [-0.3, -0.25) is 4.79 Å². The number of nitrogens with zero attached hydrogens (tertiary/aromatic N) is 2. The van der Waals surface area contributed by atoms with E-state index in [1.807, 2.05) is 19.1 Å². The molecule has 0 aromatic carbocycles. The number of aromatic nitrogens is 1. The summed E-state index contributed by atoms with van der Waals surface area (Å²) in [4.78, 5) is 18.5. The first kappa shape index (κ1) is 17.8. The number of likely N-dealkylation sites (tertiary alicyclic amines) is 1. The molecule has 2 aromatic rings. The molecule has 3 heterocycles. The summed E-state index contributed by atoms with van der Waals surface area (Å²) in [6, 6.07) is 5.50. The van der Waals surface area contributed by atoms with Gasteiger partial charge in [-0.15, -0.1) is 24.8 Å². The van der Waals surface area contributed by atoms with Crippen LogP contribution in [0, 0.1) is 6.92 Å². The number of amides is 1. The molecule has 1 saturated heterocycles. The Hall–Kier alpha value is -1.30. The van der Waals surface area contributed by atoms with E-state index in [1.54, 1.807) is 11.0 Å². The van der Waals surface area contributed by atoms with E-state index in [2.05, 4.69) is 4.98 Å². The van der Waals surface area contributed by atoms with Crippen molar-refractivity contribution in [1.82, 2.24) is 9.88 Å². The highest BCUT2D eigenvalue weighted by molar-refractivity contribution is 5.95. The monoisotopic (exact) mass is 331 g/mol. The molecule has 7 heteroatoms. The number of halogens is 2. The molecule has 0 bridgehead atoms. The van der Waals surface area contributed by atoms with Gasteiger partial charge in [-0.05, 0) is 31.9 Å². The number of hydrogen-bond donors (Lipinski definition) is 1. The Kier molecular flexibility index (Phi) is 6.01. The van der Waals surface area contributed by atoms with Crippen molar-refractivity contribution in [2.75, 3.05) is 13.1 Å². The Balaban J connectivity index is 0.00000110. The Morgan fingerprint density at radius 3 is 2.90 bits per heavy atom. The normalized spacial score (nSPS) is 18.0. The molecule has 0 spiro atoms. The Bertz CT molecular complexity index is 630. The van der Waals surface area contributed by atoms with Crippen LogP contribution in [0.1, 0.15) is 29.1 Å². The van der Waals surface area contributed by atoms with E-state index in [9.17, 15) is 4.79 Å². The second kappa shape index (κ2) is 7.11. The van der Waals surface area contributed by atoms with Crippen LogP contribution in [0.5, 0.6) is 0 Å². The highest BCUT2D eigenvalue weighted by atomic mass is 35.5. The van der Waals surface area contributed by atoms with Gasteiger partial charge in [0.1, 0.15) is 5.52 Å². The van der Waals surface area contributed by atoms with Crippen molar-refractivity contribution in [2.45, 2.75) is 25.8 Å². The quantitative estimate of drug-likeness (QED) is 0.871. The molecule has 1 fully saturated rings. The fourth-order valence-corrected chi connectivity index (χ4v) is 2.48. The zero-order valence-electron chi connectivity index (χ0n) is 11.7. The maximum atomic E-state index is 12.3. The Labute approximate surface area is 135 Å². The number of carbonyl (C=O) groups is 1. The van der Waals surface area contributed by atoms with E-state index in [4.69, 9.17) is 10.2 Å². The molecule has 1 unspecified atom stereocenters. The largest absolute Gasteiger partial charge is 0.449 e. The van der Waals surface area contributed by atoms with Gasteiger partial charge >= 0.3 is 0 Å². The third-order valence-electron chi connectivity index (χ3n) is 3.47. The van der Waals surface area contributed by atoms with Gasteiger partial charge in [0, 0.05) is 30.9 Å². The van der Waals surface area contributed by atoms with Crippen LogP contribution in [-0.2, 0) is 0 Å². The molecule has 116 valence electrons. The van der Waals surface area contributed by atoms with Gasteiger partial charge in [0.2, 0.25) is 0 Å². The number of piperidine rings is 1. The van der Waals surface area contributed by atoms with Crippen molar-refractivity contribution in [2.24, 2.45) is 5.73 Å². The second-order valence-corrected chi connectivity index (χ2v) is 5.10. The van der Waals surface area contributed by atoms with Crippen LogP contribution < -0.4 is 5.73 Å². The minimum Gasteiger partial charge on any atom is -0.449 e. The first-order valence-electron chi connectivity index (χ1n) is 6.55. The number of furan rings is 1. The summed E-state index contributed by atoms with van der Waals surface area (Å²) in [7, 11) is 0. The van der Waals surface area contributed by atoms with E-state index < -0.39 is 0 Å². The molecule has 0 aliphatic carbocycles. The summed E-state index contributed by atoms with van der Waals surface area (Å²) in [5.41, 5.74) is 8.18. The van der Waals surface area contributed by atoms with Gasteiger partial charge in [-0.2, -0.15) is 0 Å². The molecule has 3 rings (SSSR count). The number of pyridine rings is 1. The molecule has 2 N–H and O–H groups in total. The average molecular weight is 332 g/mol. The molecule has 0 radical (unpaired) electrons. The molecule has 1 amide bonds. The molecule has 0 saturated carbocycles. The van der Waals surface area contributed by atoms with E-state index >= 15 is 0 Å².